The Morgan fingerprint density at radius 3 is 1.87 bits per heavy atom. The second-order valence-corrected chi connectivity index (χ2v) is 10.7. The van der Waals surface area contributed by atoms with Gasteiger partial charge in [0.05, 0.1) is 19.6 Å². The molecule has 0 atom stereocenters. The first kappa shape index (κ1) is 22.8. The third-order valence-corrected chi connectivity index (χ3v) is 8.36. The molecule has 4 saturated carbocycles. The van der Waals surface area contributed by atoms with E-state index in [1.165, 1.54) is 49.7 Å². The summed E-state index contributed by atoms with van der Waals surface area (Å²) in [4.78, 5) is 0. The van der Waals surface area contributed by atoms with Gasteiger partial charge in [-0.1, -0.05) is 54.6 Å². The molecule has 4 bridgehead atoms. The maximum absolute atomic E-state index is 6.18. The summed E-state index contributed by atoms with van der Waals surface area (Å²) in [7, 11) is 4.93. The molecule has 0 spiro atoms. The van der Waals surface area contributed by atoms with Gasteiger partial charge in [0.25, 0.3) is 0 Å². The van der Waals surface area contributed by atoms with Gasteiger partial charge in [-0.05, 0) is 60.3 Å². The van der Waals surface area contributed by atoms with E-state index < -0.39 is 0 Å². The highest BCUT2D eigenvalue weighted by Gasteiger charge is 2.58. The van der Waals surface area contributed by atoms with Gasteiger partial charge < -0.3 is 33.2 Å². The molecule has 0 aromatic heterocycles. The fourth-order valence-electron chi connectivity index (χ4n) is 6.87. The molecule has 0 heterocycles. The van der Waals surface area contributed by atoms with Crippen molar-refractivity contribution in [3.63, 3.8) is 0 Å². The minimum absolute atomic E-state index is 0. The summed E-state index contributed by atoms with van der Waals surface area (Å²) in [5, 5.41) is 0. The van der Waals surface area contributed by atoms with Crippen molar-refractivity contribution in [1.29, 1.82) is 0 Å². The predicted molar refractivity (Wildman–Crippen MR) is 125 cm³/mol. The third-order valence-electron chi connectivity index (χ3n) is 8.36. The Kier molecular flexibility index (Phi) is 6.83. The maximum Gasteiger partial charge on any atom is 0.137 e. The number of hydrogen-bond donors (Lipinski definition) is 0. The van der Waals surface area contributed by atoms with Crippen molar-refractivity contribution in [3.05, 3.63) is 65.7 Å². The number of rotatable bonds is 7. The van der Waals surface area contributed by atoms with Gasteiger partial charge in [0.15, 0.2) is 0 Å². The smallest absolute Gasteiger partial charge is 0.137 e. The third kappa shape index (κ3) is 4.88. The zero-order valence-corrected chi connectivity index (χ0v) is 21.1. The molecular formula is C28H36INO. The number of hydrogen-bond acceptors (Lipinski definition) is 1. The molecule has 0 N–H and O–H groups in total. The van der Waals surface area contributed by atoms with Gasteiger partial charge >= 0.3 is 0 Å². The highest BCUT2D eigenvalue weighted by molar-refractivity contribution is 5.69. The highest BCUT2D eigenvalue weighted by atomic mass is 127. The van der Waals surface area contributed by atoms with E-state index in [4.69, 9.17) is 4.74 Å². The summed E-state index contributed by atoms with van der Waals surface area (Å²) in [6, 6.07) is 18.9. The van der Waals surface area contributed by atoms with Crippen LogP contribution in [0.5, 0.6) is 5.75 Å². The first-order valence-corrected chi connectivity index (χ1v) is 11.8. The van der Waals surface area contributed by atoms with Crippen LogP contribution in [0.15, 0.2) is 54.6 Å². The molecule has 0 unspecified atom stereocenters. The largest absolute Gasteiger partial charge is 1.00 e. The van der Waals surface area contributed by atoms with Crippen LogP contribution in [0.3, 0.4) is 0 Å². The van der Waals surface area contributed by atoms with Crippen molar-refractivity contribution in [2.45, 2.75) is 44.1 Å². The molecule has 31 heavy (non-hydrogen) atoms. The highest BCUT2D eigenvalue weighted by Crippen LogP contribution is 2.58. The minimum Gasteiger partial charge on any atom is -1.00 e. The molecule has 4 fully saturated rings. The average molecular weight is 530 g/mol. The Bertz CT molecular complexity index is 852. The van der Waals surface area contributed by atoms with Crippen molar-refractivity contribution in [2.24, 2.45) is 17.8 Å². The zero-order valence-electron chi connectivity index (χ0n) is 19.0. The summed E-state index contributed by atoms with van der Waals surface area (Å²) in [6.45, 7) is 1.90. The van der Waals surface area contributed by atoms with E-state index >= 15 is 0 Å². The normalized spacial score (nSPS) is 29.2. The molecule has 2 aromatic rings. The number of halogens is 1. The lowest BCUT2D eigenvalue weighted by Gasteiger charge is -2.62. The number of ether oxygens (including phenoxy) is 1. The van der Waals surface area contributed by atoms with Crippen LogP contribution >= 0.6 is 0 Å². The Hall–Kier alpha value is -1.33. The first-order chi connectivity index (χ1) is 14.5. The Morgan fingerprint density at radius 1 is 0.806 bits per heavy atom. The molecule has 0 aliphatic heterocycles. The topological polar surface area (TPSA) is 9.23 Å². The molecule has 4 aliphatic carbocycles. The zero-order chi connectivity index (χ0) is 20.6. The number of quaternary nitrogens is 1. The fourth-order valence-corrected chi connectivity index (χ4v) is 6.87. The van der Waals surface area contributed by atoms with Crippen molar-refractivity contribution in [3.8, 4) is 5.75 Å². The summed E-state index contributed by atoms with van der Waals surface area (Å²) in [6.07, 6.45) is 13.2. The lowest BCUT2D eigenvalue weighted by atomic mass is 9.52. The minimum atomic E-state index is 0. The van der Waals surface area contributed by atoms with Gasteiger partial charge in [-0.25, -0.2) is 0 Å². The lowest BCUT2D eigenvalue weighted by molar-refractivity contribution is -0.947. The number of benzene rings is 2. The van der Waals surface area contributed by atoms with Gasteiger partial charge in [-0.3, -0.25) is 0 Å². The van der Waals surface area contributed by atoms with Crippen LogP contribution in [0, 0.1) is 17.8 Å². The van der Waals surface area contributed by atoms with Crippen molar-refractivity contribution < 1.29 is 33.2 Å². The quantitative estimate of drug-likeness (QED) is 0.304. The standard InChI is InChI=1S/C28H36NO.HI/c1-29(2,28-19-24-16-25(20-28)18-26(17-24)21-28)14-15-30-27-12-10-23(11-13-27)9-8-22-6-4-3-5-7-22;/h3-13,24-26H,14-21H2,1-2H3;1H/q+1;/p-1/b9-8+;. The monoisotopic (exact) mass is 529 g/mol. The van der Waals surface area contributed by atoms with E-state index in [9.17, 15) is 0 Å². The molecular weight excluding hydrogens is 493 g/mol. The van der Waals surface area contributed by atoms with Gasteiger partial charge in [0, 0.05) is 19.3 Å². The van der Waals surface area contributed by atoms with Crippen molar-refractivity contribution in [2.75, 3.05) is 27.2 Å². The van der Waals surface area contributed by atoms with E-state index in [0.29, 0.717) is 5.54 Å². The van der Waals surface area contributed by atoms with E-state index in [-0.39, 0.29) is 24.0 Å². The van der Waals surface area contributed by atoms with Gasteiger partial charge in [-0.15, -0.1) is 0 Å². The molecule has 6 rings (SSSR count). The van der Waals surface area contributed by atoms with Gasteiger partial charge in [-0.2, -0.15) is 0 Å². The predicted octanol–water partition coefficient (Wildman–Crippen LogP) is 3.29. The van der Waals surface area contributed by atoms with Crippen LogP contribution in [0.2, 0.25) is 0 Å². The average Bonchev–Trinajstić information content (AvgIpc) is 2.73. The molecule has 4 aliphatic rings. The van der Waals surface area contributed by atoms with Crippen LogP contribution in [-0.2, 0) is 0 Å². The van der Waals surface area contributed by atoms with Gasteiger partial charge in [0.2, 0.25) is 0 Å². The summed E-state index contributed by atoms with van der Waals surface area (Å²) in [5.41, 5.74) is 2.95. The molecule has 0 saturated heterocycles. The Morgan fingerprint density at radius 2 is 1.32 bits per heavy atom. The Labute approximate surface area is 205 Å². The van der Waals surface area contributed by atoms with Crippen molar-refractivity contribution in [1.82, 2.24) is 0 Å². The molecule has 2 nitrogen and oxygen atoms in total. The van der Waals surface area contributed by atoms with Crippen molar-refractivity contribution >= 4 is 12.2 Å². The Balaban J connectivity index is 0.00000231. The summed E-state index contributed by atoms with van der Waals surface area (Å²) >= 11 is 0. The second-order valence-electron chi connectivity index (χ2n) is 10.7. The number of likely N-dealkylation sites (N-methyl/N-ethyl adjacent to an activating group) is 1. The molecule has 0 amide bonds. The molecule has 3 heteroatoms. The summed E-state index contributed by atoms with van der Waals surface area (Å²) in [5.74, 6) is 4.00. The molecule has 2 aromatic carbocycles. The SMILES string of the molecule is C[N+](C)(CCOc1ccc(/C=C/c2ccccc2)cc1)C12CC3CC(CC(C3)C1)C2.[I-]. The summed E-state index contributed by atoms with van der Waals surface area (Å²) < 4.78 is 7.32. The van der Waals surface area contributed by atoms with E-state index in [0.717, 1.165) is 41.1 Å². The van der Waals surface area contributed by atoms with Crippen LogP contribution in [0.4, 0.5) is 0 Å². The maximum atomic E-state index is 6.18. The lowest BCUT2D eigenvalue weighted by Crippen LogP contribution is -3.00. The van der Waals surface area contributed by atoms with E-state index in [1.807, 2.05) is 6.07 Å². The van der Waals surface area contributed by atoms with Crippen LogP contribution in [-0.4, -0.2) is 37.3 Å². The second kappa shape index (κ2) is 9.27. The van der Waals surface area contributed by atoms with E-state index in [2.05, 4.69) is 74.8 Å². The van der Waals surface area contributed by atoms with Gasteiger partial charge in [0.1, 0.15) is 18.9 Å². The first-order valence-electron chi connectivity index (χ1n) is 11.8. The van der Waals surface area contributed by atoms with Crippen LogP contribution < -0.4 is 28.7 Å². The van der Waals surface area contributed by atoms with Crippen LogP contribution in [0.25, 0.3) is 12.2 Å². The number of nitrogens with zero attached hydrogens (tertiary/aromatic N) is 1. The molecule has 0 radical (unpaired) electrons. The van der Waals surface area contributed by atoms with E-state index in [1.54, 1.807) is 0 Å². The molecule has 166 valence electrons. The fraction of sp³-hybridized carbons (Fsp3) is 0.500. The van der Waals surface area contributed by atoms with Crippen LogP contribution in [0.1, 0.15) is 49.7 Å².